The van der Waals surface area contributed by atoms with Crippen LogP contribution in [0.2, 0.25) is 0 Å². The van der Waals surface area contributed by atoms with Gasteiger partial charge in [0.1, 0.15) is 5.82 Å². The van der Waals surface area contributed by atoms with Crippen LogP contribution in [0.3, 0.4) is 0 Å². The molecule has 0 aliphatic heterocycles. The molecule has 34 heavy (non-hydrogen) atoms. The summed E-state index contributed by atoms with van der Waals surface area (Å²) < 4.78 is 0. The highest BCUT2D eigenvalue weighted by Gasteiger charge is 2.18. The number of carbonyl (C=O) groups excluding carboxylic acids is 1. The number of benzene rings is 3. The first-order valence-corrected chi connectivity index (χ1v) is 12.0. The van der Waals surface area contributed by atoms with Gasteiger partial charge < -0.3 is 20.9 Å². The van der Waals surface area contributed by atoms with Crippen molar-refractivity contribution < 1.29 is 4.79 Å². The molecule has 1 heterocycles. The van der Waals surface area contributed by atoms with Crippen molar-refractivity contribution in [3.05, 3.63) is 95.6 Å². The standard InChI is InChI=1S/C29H34N4O/c1-19(2)23-14-10-15-24(20(3)4)28(23)33-29(34)30-18-26(21-11-6-5-7-12-21)32-27-17-22-13-8-9-16-25(22)31-27/h5-17,19-20,26,31-32H,18H2,1-4H3,(H2,30,33,34). The number of amides is 2. The second-order valence-electron chi connectivity index (χ2n) is 9.33. The zero-order chi connectivity index (χ0) is 24.1. The lowest BCUT2D eigenvalue weighted by atomic mass is 9.93. The molecular formula is C29H34N4O. The second kappa shape index (κ2) is 10.5. The van der Waals surface area contributed by atoms with Crippen molar-refractivity contribution in [2.24, 2.45) is 0 Å². The first kappa shape index (κ1) is 23.4. The SMILES string of the molecule is CC(C)c1cccc(C(C)C)c1NC(=O)NCC(Nc1cc2ccccc2[nH]1)c1ccccc1. The lowest BCUT2D eigenvalue weighted by Gasteiger charge is -2.23. The number of hydrogen-bond donors (Lipinski definition) is 4. The number of hydrogen-bond acceptors (Lipinski definition) is 2. The van der Waals surface area contributed by atoms with Gasteiger partial charge in [0.05, 0.1) is 6.04 Å². The third kappa shape index (κ3) is 5.42. The van der Waals surface area contributed by atoms with Gasteiger partial charge in [0.2, 0.25) is 0 Å². The van der Waals surface area contributed by atoms with Gasteiger partial charge in [0.25, 0.3) is 0 Å². The summed E-state index contributed by atoms with van der Waals surface area (Å²) in [7, 11) is 0. The van der Waals surface area contributed by atoms with Crippen LogP contribution in [0.4, 0.5) is 16.3 Å². The number of nitrogens with one attached hydrogen (secondary N) is 4. The number of anilines is 2. The van der Waals surface area contributed by atoms with Crippen LogP contribution in [0.15, 0.2) is 78.9 Å². The van der Waals surface area contributed by atoms with Gasteiger partial charge in [-0.15, -0.1) is 0 Å². The predicted molar refractivity (Wildman–Crippen MR) is 143 cm³/mol. The van der Waals surface area contributed by atoms with Gasteiger partial charge in [0.15, 0.2) is 0 Å². The highest BCUT2D eigenvalue weighted by molar-refractivity contribution is 5.91. The molecule has 0 aliphatic rings. The third-order valence-electron chi connectivity index (χ3n) is 6.14. The van der Waals surface area contributed by atoms with E-state index in [2.05, 4.69) is 97.2 Å². The van der Waals surface area contributed by atoms with Crippen LogP contribution in [-0.4, -0.2) is 17.6 Å². The highest BCUT2D eigenvalue weighted by Crippen LogP contribution is 2.32. The quantitative estimate of drug-likeness (QED) is 0.224. The Bertz CT molecular complexity index is 1180. The molecule has 4 rings (SSSR count). The number of fused-ring (bicyclic) bond motifs is 1. The van der Waals surface area contributed by atoms with Gasteiger partial charge in [-0.3, -0.25) is 0 Å². The van der Waals surface area contributed by atoms with Gasteiger partial charge in [-0.2, -0.15) is 0 Å². The van der Waals surface area contributed by atoms with Crippen molar-refractivity contribution in [3.8, 4) is 0 Å². The molecule has 0 aliphatic carbocycles. The Hall–Kier alpha value is -3.73. The minimum absolute atomic E-state index is 0.0927. The topological polar surface area (TPSA) is 69.0 Å². The minimum Gasteiger partial charge on any atom is -0.363 e. The largest absolute Gasteiger partial charge is 0.363 e. The van der Waals surface area contributed by atoms with Gasteiger partial charge in [-0.05, 0) is 40.7 Å². The average Bonchev–Trinajstić information content (AvgIpc) is 3.24. The fourth-order valence-electron chi connectivity index (χ4n) is 4.32. The molecule has 0 saturated heterocycles. The van der Waals surface area contributed by atoms with Gasteiger partial charge in [-0.1, -0.05) is 94.4 Å². The first-order valence-electron chi connectivity index (χ1n) is 12.0. The second-order valence-corrected chi connectivity index (χ2v) is 9.33. The molecule has 176 valence electrons. The number of aromatic amines is 1. The molecule has 2 amide bonds. The van der Waals surface area contributed by atoms with Crippen molar-refractivity contribution in [3.63, 3.8) is 0 Å². The third-order valence-corrected chi connectivity index (χ3v) is 6.14. The maximum absolute atomic E-state index is 13.0. The minimum atomic E-state index is -0.200. The Morgan fingerprint density at radius 2 is 1.47 bits per heavy atom. The van der Waals surface area contributed by atoms with Crippen LogP contribution in [0.5, 0.6) is 0 Å². The number of urea groups is 1. The van der Waals surface area contributed by atoms with Crippen LogP contribution < -0.4 is 16.0 Å². The van der Waals surface area contributed by atoms with Crippen LogP contribution in [0.1, 0.15) is 62.3 Å². The molecule has 0 saturated carbocycles. The van der Waals surface area contributed by atoms with Crippen LogP contribution >= 0.6 is 0 Å². The summed E-state index contributed by atoms with van der Waals surface area (Å²) in [6, 6.07) is 26.4. The zero-order valence-electron chi connectivity index (χ0n) is 20.4. The average molecular weight is 455 g/mol. The van der Waals surface area contributed by atoms with E-state index in [1.165, 1.54) is 0 Å². The lowest BCUT2D eigenvalue weighted by molar-refractivity contribution is 0.251. The van der Waals surface area contributed by atoms with E-state index in [0.29, 0.717) is 18.4 Å². The van der Waals surface area contributed by atoms with E-state index in [1.807, 2.05) is 30.3 Å². The van der Waals surface area contributed by atoms with Crippen LogP contribution in [0, 0.1) is 0 Å². The lowest BCUT2D eigenvalue weighted by Crippen LogP contribution is -2.35. The Morgan fingerprint density at radius 1 is 0.824 bits per heavy atom. The maximum Gasteiger partial charge on any atom is 0.319 e. The molecule has 4 N–H and O–H groups in total. The molecule has 5 nitrogen and oxygen atoms in total. The van der Waals surface area contributed by atoms with E-state index in [9.17, 15) is 4.79 Å². The zero-order valence-corrected chi connectivity index (χ0v) is 20.4. The highest BCUT2D eigenvalue weighted by atomic mass is 16.2. The summed E-state index contributed by atoms with van der Waals surface area (Å²) in [4.78, 5) is 16.5. The molecular weight excluding hydrogens is 420 g/mol. The summed E-state index contributed by atoms with van der Waals surface area (Å²) in [5.41, 5.74) is 5.40. The van der Waals surface area contributed by atoms with Crippen molar-refractivity contribution in [1.82, 2.24) is 10.3 Å². The Kier molecular flexibility index (Phi) is 7.21. The summed E-state index contributed by atoms with van der Waals surface area (Å²) >= 11 is 0. The fraction of sp³-hybridized carbons (Fsp3) is 0.276. The molecule has 1 unspecified atom stereocenters. The van der Waals surface area contributed by atoms with E-state index < -0.39 is 0 Å². The summed E-state index contributed by atoms with van der Waals surface area (Å²) in [5, 5.41) is 11.0. The number of H-pyrrole nitrogens is 1. The smallest absolute Gasteiger partial charge is 0.319 e. The normalized spacial score (nSPS) is 12.2. The Morgan fingerprint density at radius 3 is 2.12 bits per heavy atom. The Balaban J connectivity index is 1.51. The van der Waals surface area contributed by atoms with Gasteiger partial charge >= 0.3 is 6.03 Å². The monoisotopic (exact) mass is 454 g/mol. The van der Waals surface area contributed by atoms with E-state index >= 15 is 0 Å². The number of carbonyl (C=O) groups is 1. The molecule has 1 aromatic heterocycles. The van der Waals surface area contributed by atoms with Crippen LogP contribution in [0.25, 0.3) is 10.9 Å². The van der Waals surface area contributed by atoms with E-state index in [0.717, 1.165) is 39.1 Å². The van der Waals surface area contributed by atoms with Crippen molar-refractivity contribution in [2.75, 3.05) is 17.2 Å². The van der Waals surface area contributed by atoms with Gasteiger partial charge in [-0.25, -0.2) is 4.79 Å². The number of aromatic nitrogens is 1. The molecule has 0 spiro atoms. The summed E-state index contributed by atoms with van der Waals surface area (Å²) in [5.74, 6) is 1.55. The molecule has 0 radical (unpaired) electrons. The fourth-order valence-corrected chi connectivity index (χ4v) is 4.32. The summed E-state index contributed by atoms with van der Waals surface area (Å²) in [6.45, 7) is 9.04. The molecule has 3 aromatic carbocycles. The number of rotatable bonds is 8. The van der Waals surface area contributed by atoms with E-state index in [1.54, 1.807) is 0 Å². The van der Waals surface area contributed by atoms with E-state index in [-0.39, 0.29) is 12.1 Å². The first-order chi connectivity index (χ1) is 16.4. The van der Waals surface area contributed by atoms with Crippen molar-refractivity contribution >= 4 is 28.4 Å². The van der Waals surface area contributed by atoms with Gasteiger partial charge in [0, 0.05) is 23.1 Å². The van der Waals surface area contributed by atoms with Crippen molar-refractivity contribution in [2.45, 2.75) is 45.6 Å². The molecule has 5 heteroatoms. The van der Waals surface area contributed by atoms with E-state index in [4.69, 9.17) is 0 Å². The summed E-state index contributed by atoms with van der Waals surface area (Å²) in [6.07, 6.45) is 0. The Labute approximate surface area is 202 Å². The van der Waals surface area contributed by atoms with Crippen molar-refractivity contribution in [1.29, 1.82) is 0 Å². The molecule has 0 fully saturated rings. The maximum atomic E-state index is 13.0. The predicted octanol–water partition coefficient (Wildman–Crippen LogP) is 7.39. The van der Waals surface area contributed by atoms with Crippen LogP contribution in [-0.2, 0) is 0 Å². The molecule has 1 atom stereocenters. The molecule has 4 aromatic rings. The number of para-hydroxylation sites is 2. The molecule has 0 bridgehead atoms.